The van der Waals surface area contributed by atoms with E-state index in [1.54, 1.807) is 0 Å². The minimum Gasteiger partial charge on any atom is -0.384 e. The first kappa shape index (κ1) is 8.96. The zero-order chi connectivity index (χ0) is 10.4. The molecule has 2 aromatic carbocycles. The molecule has 0 spiro atoms. The standard InChI is InChI=1S/C13H9ClO/c14-8-5-6-10-9-3-1-2-4-11(9)13(15)12(10)7-8/h1-7,13,15H/t13-/m0/s1. The van der Waals surface area contributed by atoms with E-state index in [4.69, 9.17) is 11.6 Å². The number of aliphatic hydroxyl groups is 1. The second-order valence-corrected chi connectivity index (χ2v) is 4.16. The molecular formula is C13H9ClO. The van der Waals surface area contributed by atoms with E-state index in [0.717, 1.165) is 22.3 Å². The highest BCUT2D eigenvalue weighted by Crippen LogP contribution is 2.43. The van der Waals surface area contributed by atoms with Gasteiger partial charge in [-0.25, -0.2) is 0 Å². The van der Waals surface area contributed by atoms with Crippen LogP contribution in [0.3, 0.4) is 0 Å². The molecule has 0 unspecified atom stereocenters. The van der Waals surface area contributed by atoms with Crippen molar-refractivity contribution in [1.82, 2.24) is 0 Å². The number of aliphatic hydroxyl groups excluding tert-OH is 1. The molecule has 3 rings (SSSR count). The van der Waals surface area contributed by atoms with Gasteiger partial charge in [0.15, 0.2) is 0 Å². The largest absolute Gasteiger partial charge is 0.384 e. The van der Waals surface area contributed by atoms with Gasteiger partial charge in [0, 0.05) is 5.02 Å². The third-order valence-electron chi connectivity index (χ3n) is 2.85. The Kier molecular flexibility index (Phi) is 1.84. The van der Waals surface area contributed by atoms with Gasteiger partial charge in [0.05, 0.1) is 0 Å². The number of fused-ring (bicyclic) bond motifs is 3. The third kappa shape index (κ3) is 1.21. The fourth-order valence-electron chi connectivity index (χ4n) is 2.15. The Balaban J connectivity index is 2.32. The average Bonchev–Trinajstić information content (AvgIpc) is 2.54. The molecule has 0 radical (unpaired) electrons. The highest BCUT2D eigenvalue weighted by molar-refractivity contribution is 6.30. The Bertz CT molecular complexity index is 534. The van der Waals surface area contributed by atoms with Crippen LogP contribution in [0, 0.1) is 0 Å². The number of halogens is 1. The van der Waals surface area contributed by atoms with E-state index in [0.29, 0.717) is 5.02 Å². The van der Waals surface area contributed by atoms with Gasteiger partial charge in [0.25, 0.3) is 0 Å². The topological polar surface area (TPSA) is 20.2 Å². The zero-order valence-electron chi connectivity index (χ0n) is 7.94. The van der Waals surface area contributed by atoms with Gasteiger partial charge >= 0.3 is 0 Å². The lowest BCUT2D eigenvalue weighted by Crippen LogP contribution is -1.92. The summed E-state index contributed by atoms with van der Waals surface area (Å²) in [6.45, 7) is 0. The highest BCUT2D eigenvalue weighted by atomic mass is 35.5. The highest BCUT2D eigenvalue weighted by Gasteiger charge is 2.26. The summed E-state index contributed by atoms with van der Waals surface area (Å²) in [5, 5.41) is 10.8. The van der Waals surface area contributed by atoms with Crippen molar-refractivity contribution < 1.29 is 5.11 Å². The van der Waals surface area contributed by atoms with Gasteiger partial charge in [-0.3, -0.25) is 0 Å². The van der Waals surface area contributed by atoms with E-state index in [-0.39, 0.29) is 0 Å². The lowest BCUT2D eigenvalue weighted by molar-refractivity contribution is 0.225. The Hall–Kier alpha value is -1.31. The average molecular weight is 217 g/mol. The van der Waals surface area contributed by atoms with Crippen molar-refractivity contribution in [2.24, 2.45) is 0 Å². The number of benzene rings is 2. The molecule has 0 aliphatic heterocycles. The Morgan fingerprint density at radius 2 is 1.67 bits per heavy atom. The van der Waals surface area contributed by atoms with Crippen LogP contribution >= 0.6 is 11.6 Å². The van der Waals surface area contributed by atoms with Gasteiger partial charge in [-0.05, 0) is 34.4 Å². The first-order valence-electron chi connectivity index (χ1n) is 4.84. The minimum atomic E-state index is -0.533. The van der Waals surface area contributed by atoms with Gasteiger partial charge in [0.2, 0.25) is 0 Å². The van der Waals surface area contributed by atoms with Crippen LogP contribution in [0.2, 0.25) is 5.02 Å². The maximum Gasteiger partial charge on any atom is 0.105 e. The molecule has 0 saturated heterocycles. The molecule has 1 nitrogen and oxygen atoms in total. The maximum atomic E-state index is 10.1. The van der Waals surface area contributed by atoms with E-state index < -0.39 is 6.10 Å². The monoisotopic (exact) mass is 216 g/mol. The molecule has 74 valence electrons. The summed E-state index contributed by atoms with van der Waals surface area (Å²) in [6, 6.07) is 13.6. The molecule has 15 heavy (non-hydrogen) atoms. The van der Waals surface area contributed by atoms with E-state index in [1.807, 2.05) is 42.5 Å². The lowest BCUT2D eigenvalue weighted by atomic mass is 10.1. The van der Waals surface area contributed by atoms with E-state index in [1.165, 1.54) is 0 Å². The van der Waals surface area contributed by atoms with Crippen LogP contribution in [0.25, 0.3) is 11.1 Å². The summed E-state index contributed by atoms with van der Waals surface area (Å²) in [4.78, 5) is 0. The van der Waals surface area contributed by atoms with Crippen molar-refractivity contribution in [3.05, 3.63) is 58.6 Å². The minimum absolute atomic E-state index is 0.533. The molecule has 2 heteroatoms. The van der Waals surface area contributed by atoms with Gasteiger partial charge < -0.3 is 5.11 Å². The smallest absolute Gasteiger partial charge is 0.105 e. The van der Waals surface area contributed by atoms with Crippen LogP contribution in [0.1, 0.15) is 17.2 Å². The molecular weight excluding hydrogens is 208 g/mol. The van der Waals surface area contributed by atoms with Crippen LogP contribution in [-0.4, -0.2) is 5.11 Å². The van der Waals surface area contributed by atoms with E-state index >= 15 is 0 Å². The molecule has 0 bridgehead atoms. The predicted molar refractivity (Wildman–Crippen MR) is 60.9 cm³/mol. The number of rotatable bonds is 0. The molecule has 0 aromatic heterocycles. The molecule has 0 amide bonds. The first-order chi connectivity index (χ1) is 7.27. The molecule has 1 N–H and O–H groups in total. The molecule has 1 atom stereocenters. The third-order valence-corrected chi connectivity index (χ3v) is 3.09. The molecule has 0 heterocycles. The quantitative estimate of drug-likeness (QED) is 0.716. The fourth-order valence-corrected chi connectivity index (χ4v) is 2.33. The fraction of sp³-hybridized carbons (Fsp3) is 0.0769. The summed E-state index contributed by atoms with van der Waals surface area (Å²) in [5.41, 5.74) is 4.07. The van der Waals surface area contributed by atoms with Gasteiger partial charge in [-0.2, -0.15) is 0 Å². The Labute approximate surface area is 92.9 Å². The molecule has 0 saturated carbocycles. The van der Waals surface area contributed by atoms with Crippen LogP contribution in [0.4, 0.5) is 0 Å². The van der Waals surface area contributed by atoms with Crippen LogP contribution < -0.4 is 0 Å². The van der Waals surface area contributed by atoms with E-state index in [2.05, 4.69) is 0 Å². The number of hydrogen-bond acceptors (Lipinski definition) is 1. The summed E-state index contributed by atoms with van der Waals surface area (Å²) in [5.74, 6) is 0. The summed E-state index contributed by atoms with van der Waals surface area (Å²) in [7, 11) is 0. The Morgan fingerprint density at radius 3 is 2.53 bits per heavy atom. The first-order valence-corrected chi connectivity index (χ1v) is 5.22. The molecule has 0 fully saturated rings. The summed E-state index contributed by atoms with van der Waals surface area (Å²) in [6.07, 6.45) is -0.533. The van der Waals surface area contributed by atoms with Crippen molar-refractivity contribution in [2.45, 2.75) is 6.10 Å². The second kappa shape index (κ2) is 3.09. The van der Waals surface area contributed by atoms with Crippen molar-refractivity contribution >= 4 is 11.6 Å². The van der Waals surface area contributed by atoms with Crippen molar-refractivity contribution in [3.63, 3.8) is 0 Å². The zero-order valence-corrected chi connectivity index (χ0v) is 8.70. The van der Waals surface area contributed by atoms with E-state index in [9.17, 15) is 5.11 Å². The normalized spacial score (nSPS) is 17.3. The van der Waals surface area contributed by atoms with Crippen LogP contribution in [0.5, 0.6) is 0 Å². The predicted octanol–water partition coefficient (Wildman–Crippen LogP) is 3.40. The van der Waals surface area contributed by atoms with Crippen molar-refractivity contribution in [2.75, 3.05) is 0 Å². The van der Waals surface area contributed by atoms with Crippen molar-refractivity contribution in [3.8, 4) is 11.1 Å². The summed E-state index contributed by atoms with van der Waals surface area (Å²) >= 11 is 5.92. The lowest BCUT2D eigenvalue weighted by Gasteiger charge is -2.04. The Morgan fingerprint density at radius 1 is 0.933 bits per heavy atom. The number of hydrogen-bond donors (Lipinski definition) is 1. The summed E-state index contributed by atoms with van der Waals surface area (Å²) < 4.78 is 0. The van der Waals surface area contributed by atoms with Crippen LogP contribution in [-0.2, 0) is 0 Å². The van der Waals surface area contributed by atoms with Crippen molar-refractivity contribution in [1.29, 1.82) is 0 Å². The van der Waals surface area contributed by atoms with Gasteiger partial charge in [0.1, 0.15) is 6.10 Å². The molecule has 1 aliphatic carbocycles. The molecule has 2 aromatic rings. The SMILES string of the molecule is O[C@H]1c2ccccc2-c2ccc(Cl)cc21. The van der Waals surface area contributed by atoms with Crippen LogP contribution in [0.15, 0.2) is 42.5 Å². The van der Waals surface area contributed by atoms with Gasteiger partial charge in [-0.1, -0.05) is 41.9 Å². The van der Waals surface area contributed by atoms with Gasteiger partial charge in [-0.15, -0.1) is 0 Å². The molecule has 1 aliphatic rings. The maximum absolute atomic E-state index is 10.1. The second-order valence-electron chi connectivity index (χ2n) is 3.72.